The average Bonchev–Trinajstić information content (AvgIpc) is 2.89. The monoisotopic (exact) mass is 313 g/mol. The third-order valence-electron chi connectivity index (χ3n) is 4.45. The lowest BCUT2D eigenvalue weighted by Crippen LogP contribution is -2.45. The normalized spacial score (nSPS) is 27.2. The third-order valence-corrected chi connectivity index (χ3v) is 5.86. The van der Waals surface area contributed by atoms with Gasteiger partial charge in [-0.05, 0) is 25.2 Å². The van der Waals surface area contributed by atoms with Gasteiger partial charge >= 0.3 is 0 Å². The van der Waals surface area contributed by atoms with Crippen LogP contribution in [0.2, 0.25) is 0 Å². The summed E-state index contributed by atoms with van der Waals surface area (Å²) >= 11 is 0. The van der Waals surface area contributed by atoms with E-state index in [1.54, 1.807) is 0 Å². The summed E-state index contributed by atoms with van der Waals surface area (Å²) in [6.07, 6.45) is 11.2. The first kappa shape index (κ1) is 16.3. The van der Waals surface area contributed by atoms with Crippen LogP contribution in [0.15, 0.2) is 0 Å². The van der Waals surface area contributed by atoms with E-state index in [9.17, 15) is 13.2 Å². The molecule has 0 spiro atoms. The second kappa shape index (κ2) is 6.80. The Kier molecular flexibility index (Phi) is 5.28. The molecular formula is C15H23NO4S. The smallest absolute Gasteiger partial charge is 0.243 e. The highest BCUT2D eigenvalue weighted by molar-refractivity contribution is 7.90. The van der Waals surface area contributed by atoms with Crippen LogP contribution in [0.3, 0.4) is 0 Å². The van der Waals surface area contributed by atoms with E-state index in [0.717, 1.165) is 25.7 Å². The van der Waals surface area contributed by atoms with Gasteiger partial charge in [0.2, 0.25) is 15.9 Å². The minimum Gasteiger partial charge on any atom is -0.380 e. The summed E-state index contributed by atoms with van der Waals surface area (Å²) in [7, 11) is -3.60. The lowest BCUT2D eigenvalue weighted by atomic mass is 9.83. The molecule has 1 unspecified atom stereocenters. The summed E-state index contributed by atoms with van der Waals surface area (Å²) in [5.41, 5.74) is -0.881. The second-order valence-electron chi connectivity index (χ2n) is 6.18. The average molecular weight is 313 g/mol. The van der Waals surface area contributed by atoms with Crippen molar-refractivity contribution in [3.05, 3.63) is 0 Å². The topological polar surface area (TPSA) is 72.5 Å². The predicted octanol–water partition coefficient (Wildman–Crippen LogP) is 1.44. The van der Waals surface area contributed by atoms with Crippen molar-refractivity contribution in [2.24, 2.45) is 11.3 Å². The first-order valence-corrected chi connectivity index (χ1v) is 9.19. The summed E-state index contributed by atoms with van der Waals surface area (Å²) in [6.45, 7) is 0.639. The molecule has 1 saturated carbocycles. The first-order valence-electron chi connectivity index (χ1n) is 7.54. The van der Waals surface area contributed by atoms with E-state index in [0.29, 0.717) is 13.0 Å². The van der Waals surface area contributed by atoms with Crippen LogP contribution in [0.4, 0.5) is 0 Å². The molecule has 0 radical (unpaired) electrons. The van der Waals surface area contributed by atoms with Crippen molar-refractivity contribution in [1.29, 1.82) is 0 Å². The van der Waals surface area contributed by atoms with Crippen molar-refractivity contribution in [3.63, 3.8) is 0 Å². The first-order chi connectivity index (χ1) is 9.97. The zero-order valence-corrected chi connectivity index (χ0v) is 13.1. The summed E-state index contributed by atoms with van der Waals surface area (Å²) in [6, 6.07) is 0. The minimum absolute atomic E-state index is 0.0335. The highest BCUT2D eigenvalue weighted by atomic mass is 32.2. The van der Waals surface area contributed by atoms with E-state index < -0.39 is 21.3 Å². The Bertz CT molecular complexity index is 508. The molecule has 1 amide bonds. The van der Waals surface area contributed by atoms with Crippen molar-refractivity contribution in [2.75, 3.05) is 19.0 Å². The van der Waals surface area contributed by atoms with Gasteiger partial charge in [0.05, 0.1) is 17.8 Å². The number of carbonyl (C=O) groups excluding carboxylic acids is 1. The highest BCUT2D eigenvalue weighted by Gasteiger charge is 2.43. The molecule has 5 nitrogen and oxygen atoms in total. The summed E-state index contributed by atoms with van der Waals surface area (Å²) in [5.74, 6) is 2.15. The van der Waals surface area contributed by atoms with Gasteiger partial charge in [0.1, 0.15) is 0 Å². The van der Waals surface area contributed by atoms with Crippen LogP contribution in [0, 0.1) is 23.7 Å². The summed E-state index contributed by atoms with van der Waals surface area (Å²) in [4.78, 5) is 12.3. The van der Waals surface area contributed by atoms with Gasteiger partial charge in [-0.15, -0.1) is 12.3 Å². The maximum atomic E-state index is 12.3. The molecule has 0 aromatic carbocycles. The Morgan fingerprint density at radius 1 is 1.33 bits per heavy atom. The fourth-order valence-corrected chi connectivity index (χ4v) is 4.69. The minimum atomic E-state index is -3.60. The molecule has 1 atom stereocenters. The molecule has 1 aliphatic carbocycles. The van der Waals surface area contributed by atoms with E-state index in [-0.39, 0.29) is 24.7 Å². The number of sulfonamides is 1. The van der Waals surface area contributed by atoms with Crippen LogP contribution >= 0.6 is 0 Å². The molecule has 2 aliphatic rings. The zero-order chi connectivity index (χ0) is 15.3. The van der Waals surface area contributed by atoms with Gasteiger partial charge in [0.25, 0.3) is 0 Å². The van der Waals surface area contributed by atoms with Crippen molar-refractivity contribution < 1.29 is 17.9 Å². The number of amides is 1. The van der Waals surface area contributed by atoms with Crippen LogP contribution in [-0.2, 0) is 19.6 Å². The molecule has 6 heteroatoms. The Morgan fingerprint density at radius 2 is 2.05 bits per heavy atom. The SMILES string of the molecule is C#CCC1(C(=O)NS(=O)(=O)CC2CCCCC2)CCOC1. The van der Waals surface area contributed by atoms with Crippen LogP contribution in [0.25, 0.3) is 0 Å². The fraction of sp³-hybridized carbons (Fsp3) is 0.800. The van der Waals surface area contributed by atoms with Crippen molar-refractivity contribution in [3.8, 4) is 12.3 Å². The van der Waals surface area contributed by atoms with Crippen LogP contribution < -0.4 is 4.72 Å². The molecule has 2 fully saturated rings. The Hall–Kier alpha value is -1.06. The maximum Gasteiger partial charge on any atom is 0.243 e. The fourth-order valence-electron chi connectivity index (χ4n) is 3.16. The molecule has 2 rings (SSSR count). The quantitative estimate of drug-likeness (QED) is 0.780. The van der Waals surface area contributed by atoms with Gasteiger partial charge in [0, 0.05) is 13.0 Å². The number of carbonyl (C=O) groups is 1. The van der Waals surface area contributed by atoms with E-state index in [4.69, 9.17) is 11.2 Å². The maximum absolute atomic E-state index is 12.3. The Morgan fingerprint density at radius 3 is 2.62 bits per heavy atom. The molecule has 0 aromatic heterocycles. The second-order valence-corrected chi connectivity index (χ2v) is 7.95. The van der Waals surface area contributed by atoms with Gasteiger partial charge in [-0.25, -0.2) is 8.42 Å². The molecule has 1 N–H and O–H groups in total. The van der Waals surface area contributed by atoms with Gasteiger partial charge in [-0.3, -0.25) is 9.52 Å². The summed E-state index contributed by atoms with van der Waals surface area (Å²) < 4.78 is 31.9. The van der Waals surface area contributed by atoms with Crippen LogP contribution in [0.1, 0.15) is 44.9 Å². The predicted molar refractivity (Wildman–Crippen MR) is 79.8 cm³/mol. The number of rotatable bonds is 5. The van der Waals surface area contributed by atoms with E-state index in [2.05, 4.69) is 10.6 Å². The largest absolute Gasteiger partial charge is 0.380 e. The molecule has 0 bridgehead atoms. The van der Waals surface area contributed by atoms with Crippen molar-refractivity contribution >= 4 is 15.9 Å². The summed E-state index contributed by atoms with van der Waals surface area (Å²) in [5, 5.41) is 0. The van der Waals surface area contributed by atoms with Gasteiger partial charge < -0.3 is 4.74 Å². The van der Waals surface area contributed by atoms with E-state index in [1.807, 2.05) is 0 Å². The Balaban J connectivity index is 1.98. The van der Waals surface area contributed by atoms with Crippen LogP contribution in [-0.4, -0.2) is 33.3 Å². The molecule has 1 aliphatic heterocycles. The number of terminal acetylenes is 1. The zero-order valence-electron chi connectivity index (χ0n) is 12.3. The van der Waals surface area contributed by atoms with E-state index in [1.165, 1.54) is 6.42 Å². The van der Waals surface area contributed by atoms with Crippen LogP contribution in [0.5, 0.6) is 0 Å². The standard InChI is InChI=1S/C15H23NO4S/c1-2-8-15(9-10-20-12-15)14(17)16-21(18,19)11-13-6-4-3-5-7-13/h1,13H,3-12H2,(H,16,17). The highest BCUT2D eigenvalue weighted by Crippen LogP contribution is 2.33. The van der Waals surface area contributed by atoms with Gasteiger partial charge in [0.15, 0.2) is 0 Å². The third kappa shape index (κ3) is 4.21. The number of hydrogen-bond acceptors (Lipinski definition) is 4. The number of nitrogens with one attached hydrogen (secondary N) is 1. The lowest BCUT2D eigenvalue weighted by molar-refractivity contribution is -0.128. The lowest BCUT2D eigenvalue weighted by Gasteiger charge is -2.25. The number of hydrogen-bond donors (Lipinski definition) is 1. The van der Waals surface area contributed by atoms with Gasteiger partial charge in [-0.1, -0.05) is 19.3 Å². The van der Waals surface area contributed by atoms with E-state index >= 15 is 0 Å². The molecule has 118 valence electrons. The molecule has 1 saturated heterocycles. The molecular weight excluding hydrogens is 290 g/mol. The molecule has 0 aromatic rings. The van der Waals surface area contributed by atoms with Crippen molar-refractivity contribution in [1.82, 2.24) is 4.72 Å². The Labute approximate surface area is 126 Å². The molecule has 1 heterocycles. The molecule has 21 heavy (non-hydrogen) atoms. The van der Waals surface area contributed by atoms with Crippen molar-refractivity contribution in [2.45, 2.75) is 44.9 Å². The van der Waals surface area contributed by atoms with Gasteiger partial charge in [-0.2, -0.15) is 0 Å². The number of ether oxygens (including phenoxy) is 1.